The number of Topliss-reactive ketones (excluding diaryl/α,β-unsaturated/α-hetero) is 1. The van der Waals surface area contributed by atoms with Crippen molar-refractivity contribution in [1.82, 2.24) is 0 Å². The molecule has 0 amide bonds. The van der Waals surface area contributed by atoms with E-state index in [1.54, 1.807) is 0 Å². The minimum absolute atomic E-state index is 0.0571. The molecule has 0 atom stereocenters. The number of allylic oxidation sites excluding steroid dienone is 4. The maximum atomic E-state index is 12.5. The predicted octanol–water partition coefficient (Wildman–Crippen LogP) is 4.87. The lowest BCUT2D eigenvalue weighted by atomic mass is 10.0. The molecule has 0 radical (unpaired) electrons. The molecule has 1 fully saturated rings. The van der Waals surface area contributed by atoms with Gasteiger partial charge < -0.3 is 4.74 Å². The highest BCUT2D eigenvalue weighted by Crippen LogP contribution is 2.15. The normalized spacial score (nSPS) is 18.6. The van der Waals surface area contributed by atoms with Gasteiger partial charge >= 0.3 is 0 Å². The number of hydrogen-bond donors (Lipinski definition) is 0. The molecule has 0 aliphatic carbocycles. The average Bonchev–Trinajstić information content (AvgIpc) is 2.66. The number of benzene rings is 2. The number of ketones is 1. The van der Waals surface area contributed by atoms with Crippen LogP contribution in [0.2, 0.25) is 0 Å². The largest absolute Gasteiger partial charge is 0.372 e. The van der Waals surface area contributed by atoms with Gasteiger partial charge in [-0.1, -0.05) is 97.1 Å². The van der Waals surface area contributed by atoms with Crippen LogP contribution in [0.3, 0.4) is 0 Å². The summed E-state index contributed by atoms with van der Waals surface area (Å²) in [5, 5.41) is 0. The molecule has 25 heavy (non-hydrogen) atoms. The Morgan fingerprint density at radius 2 is 1.12 bits per heavy atom. The van der Waals surface area contributed by atoms with Crippen LogP contribution in [0.15, 0.2) is 96.1 Å². The Labute approximate surface area is 148 Å². The highest BCUT2D eigenvalue weighted by atomic mass is 16.5. The van der Waals surface area contributed by atoms with Gasteiger partial charge in [0.05, 0.1) is 13.2 Å². The summed E-state index contributed by atoms with van der Waals surface area (Å²) in [6.45, 7) is 0.718. The van der Waals surface area contributed by atoms with E-state index in [0.717, 1.165) is 11.1 Å². The fourth-order valence-corrected chi connectivity index (χ4v) is 2.53. The average molecular weight is 328 g/mol. The molecule has 0 unspecified atom stereocenters. The van der Waals surface area contributed by atoms with Gasteiger partial charge in [0.25, 0.3) is 0 Å². The van der Waals surface area contributed by atoms with Gasteiger partial charge in [0.1, 0.15) is 0 Å². The highest BCUT2D eigenvalue weighted by molar-refractivity contribution is 6.09. The topological polar surface area (TPSA) is 26.3 Å². The van der Waals surface area contributed by atoms with Crippen molar-refractivity contribution in [1.29, 1.82) is 0 Å². The molecule has 1 heterocycles. The molecule has 0 N–H and O–H groups in total. The SMILES string of the molecule is O=C1/C(=C\C=C\c2ccccc2)COC/C1=C/C=C/c1ccccc1. The number of hydrogen-bond acceptors (Lipinski definition) is 2. The second kappa shape index (κ2) is 8.76. The zero-order valence-corrected chi connectivity index (χ0v) is 14.0. The molecule has 0 aromatic heterocycles. The van der Waals surface area contributed by atoms with E-state index in [4.69, 9.17) is 4.74 Å². The maximum Gasteiger partial charge on any atom is 0.189 e. The van der Waals surface area contributed by atoms with Gasteiger partial charge in [-0.2, -0.15) is 0 Å². The molecule has 1 saturated heterocycles. The Bertz CT molecular complexity index is 755. The smallest absolute Gasteiger partial charge is 0.189 e. The first-order chi connectivity index (χ1) is 12.3. The van der Waals surface area contributed by atoms with E-state index in [1.807, 2.05) is 97.1 Å². The molecule has 0 bridgehead atoms. The molecule has 1 aliphatic rings. The number of carbonyl (C=O) groups excluding carboxylic acids is 1. The van der Waals surface area contributed by atoms with Crippen LogP contribution in [-0.2, 0) is 9.53 Å². The summed E-state index contributed by atoms with van der Waals surface area (Å²) >= 11 is 0. The van der Waals surface area contributed by atoms with Crippen molar-refractivity contribution in [3.05, 3.63) is 107 Å². The lowest BCUT2D eigenvalue weighted by Crippen LogP contribution is -2.21. The monoisotopic (exact) mass is 328 g/mol. The lowest BCUT2D eigenvalue weighted by Gasteiger charge is -2.16. The van der Waals surface area contributed by atoms with Crippen LogP contribution in [0.25, 0.3) is 12.2 Å². The van der Waals surface area contributed by atoms with Crippen molar-refractivity contribution in [3.63, 3.8) is 0 Å². The Morgan fingerprint density at radius 3 is 1.56 bits per heavy atom. The zero-order valence-electron chi connectivity index (χ0n) is 14.0. The number of ether oxygens (including phenoxy) is 1. The first-order valence-corrected chi connectivity index (χ1v) is 8.30. The van der Waals surface area contributed by atoms with Gasteiger partial charge in [-0.15, -0.1) is 0 Å². The van der Waals surface area contributed by atoms with Crippen molar-refractivity contribution in [2.24, 2.45) is 0 Å². The van der Waals surface area contributed by atoms with Crippen LogP contribution in [0.1, 0.15) is 11.1 Å². The third-order valence-electron chi connectivity index (χ3n) is 3.87. The first kappa shape index (κ1) is 16.9. The summed E-state index contributed by atoms with van der Waals surface area (Å²) < 4.78 is 5.55. The molecule has 1 aliphatic heterocycles. The molecular formula is C23H20O2. The molecule has 124 valence electrons. The van der Waals surface area contributed by atoms with Crippen LogP contribution in [0.5, 0.6) is 0 Å². The summed E-state index contributed by atoms with van der Waals surface area (Å²) in [6, 6.07) is 20.0. The van der Waals surface area contributed by atoms with Gasteiger partial charge in [0.2, 0.25) is 0 Å². The summed E-state index contributed by atoms with van der Waals surface area (Å²) in [7, 11) is 0. The predicted molar refractivity (Wildman–Crippen MR) is 103 cm³/mol. The lowest BCUT2D eigenvalue weighted by molar-refractivity contribution is -0.114. The van der Waals surface area contributed by atoms with Crippen LogP contribution in [0.4, 0.5) is 0 Å². The van der Waals surface area contributed by atoms with Gasteiger partial charge in [-0.3, -0.25) is 4.79 Å². The minimum atomic E-state index is 0.0571. The molecule has 0 saturated carbocycles. The van der Waals surface area contributed by atoms with Crippen molar-refractivity contribution in [2.75, 3.05) is 13.2 Å². The van der Waals surface area contributed by atoms with E-state index in [2.05, 4.69) is 0 Å². The Kier molecular flexibility index (Phi) is 5.91. The Morgan fingerprint density at radius 1 is 0.680 bits per heavy atom. The quantitative estimate of drug-likeness (QED) is 0.749. The van der Waals surface area contributed by atoms with Crippen molar-refractivity contribution in [3.8, 4) is 0 Å². The van der Waals surface area contributed by atoms with E-state index >= 15 is 0 Å². The Balaban J connectivity index is 1.68. The van der Waals surface area contributed by atoms with Crippen molar-refractivity contribution >= 4 is 17.9 Å². The van der Waals surface area contributed by atoms with Crippen molar-refractivity contribution < 1.29 is 9.53 Å². The maximum absolute atomic E-state index is 12.5. The van der Waals surface area contributed by atoms with Crippen LogP contribution < -0.4 is 0 Å². The van der Waals surface area contributed by atoms with Crippen LogP contribution in [0, 0.1) is 0 Å². The van der Waals surface area contributed by atoms with E-state index in [9.17, 15) is 4.79 Å². The third kappa shape index (κ3) is 5.00. The number of carbonyl (C=O) groups is 1. The molecule has 2 aromatic rings. The molecule has 2 nitrogen and oxygen atoms in total. The molecular weight excluding hydrogens is 308 g/mol. The second-order valence-corrected chi connectivity index (χ2v) is 5.75. The van der Waals surface area contributed by atoms with E-state index in [1.165, 1.54) is 0 Å². The summed E-state index contributed by atoms with van der Waals surface area (Å²) in [6.07, 6.45) is 11.4. The molecule has 0 spiro atoms. The molecule has 2 aromatic carbocycles. The Hall–Kier alpha value is -2.97. The van der Waals surface area contributed by atoms with Crippen LogP contribution in [-0.4, -0.2) is 19.0 Å². The van der Waals surface area contributed by atoms with Gasteiger partial charge in [-0.05, 0) is 11.1 Å². The summed E-state index contributed by atoms with van der Waals surface area (Å²) in [4.78, 5) is 12.5. The van der Waals surface area contributed by atoms with E-state index in [0.29, 0.717) is 24.4 Å². The highest BCUT2D eigenvalue weighted by Gasteiger charge is 2.19. The minimum Gasteiger partial charge on any atom is -0.372 e. The zero-order chi connectivity index (χ0) is 17.3. The fourth-order valence-electron chi connectivity index (χ4n) is 2.53. The van der Waals surface area contributed by atoms with Crippen molar-refractivity contribution in [2.45, 2.75) is 0 Å². The summed E-state index contributed by atoms with van der Waals surface area (Å²) in [5.41, 5.74) is 3.56. The van der Waals surface area contributed by atoms with Gasteiger partial charge in [-0.25, -0.2) is 0 Å². The molecule has 3 rings (SSSR count). The fraction of sp³-hybridized carbons (Fsp3) is 0.0870. The second-order valence-electron chi connectivity index (χ2n) is 5.75. The summed E-state index contributed by atoms with van der Waals surface area (Å²) in [5.74, 6) is 0.0571. The standard InChI is InChI=1S/C23H20O2/c24-23-21(15-7-13-19-9-3-1-4-10-19)17-25-18-22(23)16-8-14-20-11-5-2-6-12-20/h1-16H,17-18H2/b13-7+,14-8+,21-15-,22-16-. The first-order valence-electron chi connectivity index (χ1n) is 8.30. The van der Waals surface area contributed by atoms with Crippen LogP contribution >= 0.6 is 0 Å². The van der Waals surface area contributed by atoms with Gasteiger partial charge in [0, 0.05) is 11.1 Å². The van der Waals surface area contributed by atoms with Gasteiger partial charge in [0.15, 0.2) is 5.78 Å². The van der Waals surface area contributed by atoms with E-state index in [-0.39, 0.29) is 5.78 Å². The number of rotatable bonds is 4. The molecule has 2 heteroatoms. The third-order valence-corrected chi connectivity index (χ3v) is 3.87. The van der Waals surface area contributed by atoms with E-state index < -0.39 is 0 Å².